The zero-order valence-corrected chi connectivity index (χ0v) is 13.8. The second-order valence-corrected chi connectivity index (χ2v) is 6.72. The SMILES string of the molecule is C=C/C=C(\C=C)OP(=O)(NCC(=O)OC1CCCCC1)OC. The lowest BCUT2D eigenvalue weighted by molar-refractivity contribution is -0.149. The molecule has 1 atom stereocenters. The Morgan fingerprint density at radius 3 is 2.55 bits per heavy atom. The zero-order valence-electron chi connectivity index (χ0n) is 13.0. The Morgan fingerprint density at radius 1 is 1.32 bits per heavy atom. The minimum atomic E-state index is -3.65. The highest BCUT2D eigenvalue weighted by Crippen LogP contribution is 2.45. The fourth-order valence-electron chi connectivity index (χ4n) is 2.10. The lowest BCUT2D eigenvalue weighted by Crippen LogP contribution is -2.28. The maximum Gasteiger partial charge on any atom is 0.458 e. The number of hydrogen-bond acceptors (Lipinski definition) is 5. The molecular formula is C15H24NO5P. The van der Waals surface area contributed by atoms with Crippen LogP contribution >= 0.6 is 7.75 Å². The minimum Gasteiger partial charge on any atom is -0.461 e. The van der Waals surface area contributed by atoms with Gasteiger partial charge in [0.15, 0.2) is 0 Å². The first-order chi connectivity index (χ1) is 10.5. The fourth-order valence-corrected chi connectivity index (χ4v) is 3.10. The molecular weight excluding hydrogens is 305 g/mol. The first-order valence-corrected chi connectivity index (χ1v) is 8.82. The third kappa shape index (κ3) is 6.60. The van der Waals surface area contributed by atoms with Gasteiger partial charge in [0.1, 0.15) is 18.4 Å². The Morgan fingerprint density at radius 2 is 2.00 bits per heavy atom. The number of rotatable bonds is 9. The first kappa shape index (κ1) is 18.7. The van der Waals surface area contributed by atoms with E-state index in [1.165, 1.54) is 31.8 Å². The van der Waals surface area contributed by atoms with Crippen molar-refractivity contribution in [2.24, 2.45) is 0 Å². The molecule has 0 radical (unpaired) electrons. The molecule has 7 heteroatoms. The van der Waals surface area contributed by atoms with Crippen molar-refractivity contribution in [3.05, 3.63) is 37.1 Å². The summed E-state index contributed by atoms with van der Waals surface area (Å²) in [6, 6.07) is 0. The van der Waals surface area contributed by atoms with Crippen LogP contribution in [0.2, 0.25) is 0 Å². The van der Waals surface area contributed by atoms with Gasteiger partial charge in [-0.05, 0) is 37.8 Å². The van der Waals surface area contributed by atoms with E-state index in [0.717, 1.165) is 25.7 Å². The minimum absolute atomic E-state index is 0.0460. The summed E-state index contributed by atoms with van der Waals surface area (Å²) in [6.07, 6.45) is 9.36. The van der Waals surface area contributed by atoms with Crippen LogP contribution in [0.4, 0.5) is 0 Å². The van der Waals surface area contributed by atoms with Crippen LogP contribution in [0.15, 0.2) is 37.1 Å². The average molecular weight is 329 g/mol. The summed E-state index contributed by atoms with van der Waals surface area (Å²) in [6.45, 7) is 6.80. The van der Waals surface area contributed by atoms with Gasteiger partial charge in [-0.3, -0.25) is 9.32 Å². The van der Waals surface area contributed by atoms with Crippen LogP contribution < -0.4 is 5.09 Å². The number of carbonyl (C=O) groups excluding carboxylic acids is 1. The summed E-state index contributed by atoms with van der Waals surface area (Å²) < 4.78 is 27.7. The molecule has 22 heavy (non-hydrogen) atoms. The van der Waals surface area contributed by atoms with Gasteiger partial charge in [-0.15, -0.1) is 0 Å². The van der Waals surface area contributed by atoms with Gasteiger partial charge >= 0.3 is 13.7 Å². The highest BCUT2D eigenvalue weighted by Gasteiger charge is 2.27. The number of esters is 1. The smallest absolute Gasteiger partial charge is 0.458 e. The molecule has 1 fully saturated rings. The molecule has 1 rings (SSSR count). The molecule has 0 bridgehead atoms. The van der Waals surface area contributed by atoms with Crippen molar-refractivity contribution in [1.82, 2.24) is 5.09 Å². The monoisotopic (exact) mass is 329 g/mol. The molecule has 0 spiro atoms. The van der Waals surface area contributed by atoms with E-state index < -0.39 is 13.7 Å². The Kier molecular flexibility index (Phi) is 8.17. The van der Waals surface area contributed by atoms with Crippen LogP contribution in [0.1, 0.15) is 32.1 Å². The summed E-state index contributed by atoms with van der Waals surface area (Å²) >= 11 is 0. The zero-order chi connectivity index (χ0) is 16.4. The highest BCUT2D eigenvalue weighted by atomic mass is 31.2. The Bertz CT molecular complexity index is 469. The fraction of sp³-hybridized carbons (Fsp3) is 0.533. The van der Waals surface area contributed by atoms with E-state index in [9.17, 15) is 9.36 Å². The summed E-state index contributed by atoms with van der Waals surface area (Å²) in [5, 5.41) is 2.47. The van der Waals surface area contributed by atoms with Crippen LogP contribution in [0.5, 0.6) is 0 Å². The lowest BCUT2D eigenvalue weighted by Gasteiger charge is -2.22. The van der Waals surface area contributed by atoms with Gasteiger partial charge < -0.3 is 9.26 Å². The first-order valence-electron chi connectivity index (χ1n) is 7.28. The van der Waals surface area contributed by atoms with Gasteiger partial charge in [0.05, 0.1) is 0 Å². The number of allylic oxidation sites excluding steroid dienone is 3. The lowest BCUT2D eigenvalue weighted by atomic mass is 9.98. The van der Waals surface area contributed by atoms with Crippen molar-refractivity contribution >= 4 is 13.7 Å². The molecule has 1 N–H and O–H groups in total. The molecule has 0 amide bonds. The van der Waals surface area contributed by atoms with Gasteiger partial charge in [-0.1, -0.05) is 25.7 Å². The van der Waals surface area contributed by atoms with Crippen LogP contribution in [0.25, 0.3) is 0 Å². The van der Waals surface area contributed by atoms with Crippen molar-refractivity contribution in [3.63, 3.8) is 0 Å². The van der Waals surface area contributed by atoms with E-state index in [-0.39, 0.29) is 18.4 Å². The topological polar surface area (TPSA) is 73.9 Å². The molecule has 1 aliphatic carbocycles. The van der Waals surface area contributed by atoms with Crippen molar-refractivity contribution in [3.8, 4) is 0 Å². The second kappa shape index (κ2) is 9.62. The highest BCUT2D eigenvalue weighted by molar-refractivity contribution is 7.51. The van der Waals surface area contributed by atoms with Crippen LogP contribution in [-0.4, -0.2) is 25.7 Å². The van der Waals surface area contributed by atoms with Crippen molar-refractivity contribution < 1.29 is 23.1 Å². The second-order valence-electron chi connectivity index (χ2n) is 4.86. The van der Waals surface area contributed by atoms with E-state index >= 15 is 0 Å². The summed E-state index contributed by atoms with van der Waals surface area (Å²) in [5.74, 6) is -0.242. The van der Waals surface area contributed by atoms with E-state index in [4.69, 9.17) is 13.8 Å². The Labute approximate surface area is 131 Å². The average Bonchev–Trinajstić information content (AvgIpc) is 2.53. The number of carbonyl (C=O) groups is 1. The van der Waals surface area contributed by atoms with Crippen molar-refractivity contribution in [2.75, 3.05) is 13.7 Å². The third-order valence-corrected chi connectivity index (χ3v) is 4.69. The standard InChI is InChI=1S/C15H24NO5P/c1-4-9-13(5-2)21-22(18,19-3)16-12-15(17)20-14-10-7-6-8-11-14/h4-5,9,14H,1-2,6-8,10-12H2,3H3,(H,16,18)/b13-9+. The summed E-state index contributed by atoms with van der Waals surface area (Å²) in [5.41, 5.74) is 0. The molecule has 0 heterocycles. The largest absolute Gasteiger partial charge is 0.461 e. The van der Waals surface area contributed by atoms with Gasteiger partial charge in [-0.2, -0.15) is 0 Å². The predicted molar refractivity (Wildman–Crippen MR) is 85.1 cm³/mol. The number of ether oxygens (including phenoxy) is 1. The Hall–Kier alpha value is -1.36. The molecule has 6 nitrogen and oxygen atoms in total. The molecule has 124 valence electrons. The van der Waals surface area contributed by atoms with Crippen molar-refractivity contribution in [2.45, 2.75) is 38.2 Å². The molecule has 0 saturated heterocycles. The van der Waals surface area contributed by atoms with Gasteiger partial charge in [0.2, 0.25) is 0 Å². The Balaban J connectivity index is 2.48. The van der Waals surface area contributed by atoms with E-state index in [0.29, 0.717) is 0 Å². The molecule has 0 aromatic rings. The van der Waals surface area contributed by atoms with Crippen LogP contribution in [0, 0.1) is 0 Å². The van der Waals surface area contributed by atoms with Crippen LogP contribution in [-0.2, 0) is 23.1 Å². The van der Waals surface area contributed by atoms with Crippen LogP contribution in [0.3, 0.4) is 0 Å². The summed E-state index contributed by atoms with van der Waals surface area (Å²) in [4.78, 5) is 11.8. The maximum absolute atomic E-state index is 12.3. The molecule has 0 aromatic heterocycles. The summed E-state index contributed by atoms with van der Waals surface area (Å²) in [7, 11) is -2.42. The number of nitrogens with one attached hydrogen (secondary N) is 1. The molecule has 1 unspecified atom stereocenters. The van der Waals surface area contributed by atoms with Gasteiger partial charge in [0.25, 0.3) is 0 Å². The van der Waals surface area contributed by atoms with E-state index in [1.807, 2.05) is 0 Å². The van der Waals surface area contributed by atoms with Gasteiger partial charge in [0, 0.05) is 7.11 Å². The molecule has 0 aromatic carbocycles. The number of hydrogen-bond donors (Lipinski definition) is 1. The van der Waals surface area contributed by atoms with Gasteiger partial charge in [-0.25, -0.2) is 9.65 Å². The quantitative estimate of drug-likeness (QED) is 0.302. The van der Waals surface area contributed by atoms with E-state index in [1.54, 1.807) is 0 Å². The molecule has 0 aliphatic heterocycles. The molecule has 1 saturated carbocycles. The third-order valence-electron chi connectivity index (χ3n) is 3.22. The normalized spacial score (nSPS) is 19.0. The van der Waals surface area contributed by atoms with Crippen molar-refractivity contribution in [1.29, 1.82) is 0 Å². The predicted octanol–water partition coefficient (Wildman–Crippen LogP) is 3.48. The maximum atomic E-state index is 12.3. The van der Waals surface area contributed by atoms with E-state index in [2.05, 4.69) is 18.2 Å². The molecule has 1 aliphatic rings.